The van der Waals surface area contributed by atoms with Crippen LogP contribution in [0.15, 0.2) is 47.0 Å². The van der Waals surface area contributed by atoms with E-state index in [1.807, 2.05) is 49.5 Å². The van der Waals surface area contributed by atoms with Gasteiger partial charge in [-0.2, -0.15) is 5.10 Å². The molecule has 36 heavy (non-hydrogen) atoms. The van der Waals surface area contributed by atoms with Crippen LogP contribution in [0.5, 0.6) is 11.5 Å². The number of rotatable bonds is 7. The first-order valence-electron chi connectivity index (χ1n) is 11.7. The van der Waals surface area contributed by atoms with E-state index in [2.05, 4.69) is 10.1 Å². The summed E-state index contributed by atoms with van der Waals surface area (Å²) in [5.41, 5.74) is 2.65. The number of hydrogen-bond donors (Lipinski definition) is 0. The molecule has 0 unspecified atom stereocenters. The maximum absolute atomic E-state index is 6.26. The molecule has 4 aromatic heterocycles. The fourth-order valence-corrected chi connectivity index (χ4v) is 5.32. The maximum atomic E-state index is 6.26. The summed E-state index contributed by atoms with van der Waals surface area (Å²) in [6.45, 7) is 3.56. The Balaban J connectivity index is 1.30. The maximum Gasteiger partial charge on any atom is 0.212 e. The van der Waals surface area contributed by atoms with Crippen LogP contribution in [0.2, 0.25) is 0 Å². The van der Waals surface area contributed by atoms with Crippen LogP contribution < -0.4 is 9.47 Å². The molecule has 0 N–H and O–H groups in total. The Bertz CT molecular complexity index is 1500. The molecule has 0 bridgehead atoms. The lowest BCUT2D eigenvalue weighted by Gasteiger charge is -2.35. The average molecular weight is 507 g/mol. The first-order chi connectivity index (χ1) is 17.6. The van der Waals surface area contributed by atoms with Crippen LogP contribution in [0.25, 0.3) is 27.4 Å². The molecular weight excluding hydrogens is 480 g/mol. The molecule has 9 nitrogen and oxygen atoms in total. The largest absolute Gasteiger partial charge is 0.496 e. The van der Waals surface area contributed by atoms with E-state index >= 15 is 0 Å². The molecule has 1 saturated heterocycles. The first kappa shape index (κ1) is 23.0. The first-order valence-corrected chi connectivity index (χ1v) is 12.6. The fraction of sp³-hybridized carbons (Fsp3) is 0.346. The Hall–Kier alpha value is -3.47. The van der Waals surface area contributed by atoms with Crippen LogP contribution in [0.1, 0.15) is 29.2 Å². The molecular formula is C26H26N4O5S. The van der Waals surface area contributed by atoms with Gasteiger partial charge in [0.05, 0.1) is 30.1 Å². The summed E-state index contributed by atoms with van der Waals surface area (Å²) in [5.74, 6) is 1.93. The monoisotopic (exact) mass is 506 g/mol. The number of hydrogen-bond acceptors (Lipinski definition) is 9. The van der Waals surface area contributed by atoms with Gasteiger partial charge < -0.3 is 23.4 Å². The molecule has 0 spiro atoms. The van der Waals surface area contributed by atoms with Crippen LogP contribution in [0.3, 0.4) is 0 Å². The van der Waals surface area contributed by atoms with Crippen molar-refractivity contribution in [1.29, 1.82) is 0 Å². The normalized spacial score (nSPS) is 15.5. The Kier molecular flexibility index (Phi) is 5.87. The van der Waals surface area contributed by atoms with Gasteiger partial charge in [-0.05, 0) is 25.1 Å². The minimum atomic E-state index is -0.428. The Morgan fingerprint density at radius 3 is 2.75 bits per heavy atom. The number of ether oxygens (including phenoxy) is 4. The number of fused-ring (bicyclic) bond motifs is 2. The second kappa shape index (κ2) is 9.20. The zero-order valence-corrected chi connectivity index (χ0v) is 21.1. The number of methoxy groups -OCH3 is 2. The Morgan fingerprint density at radius 1 is 1.11 bits per heavy atom. The molecule has 1 fully saturated rings. The van der Waals surface area contributed by atoms with E-state index in [4.69, 9.17) is 28.3 Å². The smallest absolute Gasteiger partial charge is 0.212 e. The van der Waals surface area contributed by atoms with Gasteiger partial charge >= 0.3 is 0 Å². The summed E-state index contributed by atoms with van der Waals surface area (Å²) >= 11 is 1.53. The number of aromatic nitrogens is 4. The van der Waals surface area contributed by atoms with Gasteiger partial charge in [0.15, 0.2) is 5.76 Å². The van der Waals surface area contributed by atoms with E-state index in [0.717, 1.165) is 39.6 Å². The van der Waals surface area contributed by atoms with Gasteiger partial charge in [0, 0.05) is 45.3 Å². The molecule has 0 aliphatic carbocycles. The lowest BCUT2D eigenvalue weighted by Crippen LogP contribution is -2.36. The Morgan fingerprint density at radius 2 is 1.97 bits per heavy atom. The topological polar surface area (TPSA) is 93.1 Å². The molecule has 6 rings (SSSR count). The number of pyridine rings is 1. The van der Waals surface area contributed by atoms with Gasteiger partial charge in [0.2, 0.25) is 4.96 Å². The van der Waals surface area contributed by atoms with Gasteiger partial charge in [-0.15, -0.1) is 0 Å². The summed E-state index contributed by atoms with van der Waals surface area (Å²) in [7, 11) is 3.36. The minimum Gasteiger partial charge on any atom is -0.496 e. The fourth-order valence-electron chi connectivity index (χ4n) is 4.60. The van der Waals surface area contributed by atoms with Crippen molar-refractivity contribution in [2.75, 3.05) is 27.4 Å². The highest BCUT2D eigenvalue weighted by atomic mass is 32.1. The van der Waals surface area contributed by atoms with E-state index in [1.165, 1.54) is 11.3 Å². The van der Waals surface area contributed by atoms with Crippen LogP contribution in [-0.2, 0) is 21.7 Å². The highest BCUT2D eigenvalue weighted by molar-refractivity contribution is 7.16. The minimum absolute atomic E-state index is 0.288. The predicted molar refractivity (Wildman–Crippen MR) is 135 cm³/mol. The quantitative estimate of drug-likeness (QED) is 0.299. The van der Waals surface area contributed by atoms with Crippen LogP contribution >= 0.6 is 11.3 Å². The summed E-state index contributed by atoms with van der Waals surface area (Å²) in [6, 6.07) is 11.6. The average Bonchev–Trinajstić information content (AvgIpc) is 3.60. The molecule has 186 valence electrons. The summed E-state index contributed by atoms with van der Waals surface area (Å²) in [4.78, 5) is 10.4. The van der Waals surface area contributed by atoms with Gasteiger partial charge in [-0.3, -0.25) is 4.98 Å². The van der Waals surface area contributed by atoms with Gasteiger partial charge in [0.25, 0.3) is 0 Å². The highest BCUT2D eigenvalue weighted by Gasteiger charge is 2.36. The summed E-state index contributed by atoms with van der Waals surface area (Å²) in [6.07, 6.45) is 3.41. The number of furan rings is 1. The number of imidazole rings is 1. The van der Waals surface area contributed by atoms with Crippen molar-refractivity contribution < 1.29 is 23.4 Å². The molecule has 5 aromatic rings. The third-order valence-electron chi connectivity index (χ3n) is 6.55. The van der Waals surface area contributed by atoms with Crippen molar-refractivity contribution in [3.8, 4) is 23.0 Å². The molecule has 1 aromatic carbocycles. The van der Waals surface area contributed by atoms with Gasteiger partial charge in [0.1, 0.15) is 40.0 Å². The zero-order valence-electron chi connectivity index (χ0n) is 20.3. The Labute approximate surface area is 211 Å². The van der Waals surface area contributed by atoms with Crippen LogP contribution in [0.4, 0.5) is 0 Å². The van der Waals surface area contributed by atoms with Crippen LogP contribution in [-0.4, -0.2) is 47.0 Å². The summed E-state index contributed by atoms with van der Waals surface area (Å²) in [5, 5.41) is 6.23. The molecule has 5 heterocycles. The van der Waals surface area contributed by atoms with E-state index < -0.39 is 5.60 Å². The van der Waals surface area contributed by atoms with E-state index in [1.54, 1.807) is 18.7 Å². The molecule has 1 aliphatic rings. The second-order valence-corrected chi connectivity index (χ2v) is 9.90. The number of nitrogens with zero attached hydrogens (tertiary/aromatic N) is 4. The molecule has 0 amide bonds. The third kappa shape index (κ3) is 4.11. The number of benzene rings is 1. The van der Waals surface area contributed by atoms with Crippen molar-refractivity contribution in [3.63, 3.8) is 0 Å². The van der Waals surface area contributed by atoms with Crippen LogP contribution in [0, 0.1) is 6.92 Å². The van der Waals surface area contributed by atoms with E-state index in [-0.39, 0.29) is 6.61 Å². The molecule has 10 heteroatoms. The van der Waals surface area contributed by atoms with Crippen molar-refractivity contribution >= 4 is 27.3 Å². The van der Waals surface area contributed by atoms with Crippen molar-refractivity contribution in [2.24, 2.45) is 0 Å². The highest BCUT2D eigenvalue weighted by Crippen LogP contribution is 2.38. The zero-order chi connectivity index (χ0) is 24.7. The molecule has 1 aliphatic heterocycles. The lowest BCUT2D eigenvalue weighted by molar-refractivity contribution is -0.0974. The molecule has 0 atom stereocenters. The lowest BCUT2D eigenvalue weighted by atomic mass is 9.90. The van der Waals surface area contributed by atoms with Crippen molar-refractivity contribution in [2.45, 2.75) is 32.0 Å². The molecule has 0 saturated carbocycles. The second-order valence-electron chi connectivity index (χ2n) is 8.74. The number of aryl methyl sites for hydroxylation is 1. The third-order valence-corrected chi connectivity index (χ3v) is 7.38. The SMILES string of the molecule is COc1cc(OCc2cccc(C3(OC)CCOCC3)n2)c2cc(-c3cn4nc(C)sc4n3)oc2c1. The van der Waals surface area contributed by atoms with E-state index in [0.29, 0.717) is 41.7 Å². The predicted octanol–water partition coefficient (Wildman–Crippen LogP) is 5.15. The standard InChI is InChI=1S/C26H26N4O5S/c1-16-29-30-14-20(28-25(30)36-16)23-13-19-21(11-18(31-2)12-22(19)35-23)34-15-17-5-4-6-24(27-17)26(32-3)7-9-33-10-8-26/h4-6,11-14H,7-10,15H2,1-3H3. The molecule has 0 radical (unpaired) electrons. The van der Waals surface area contributed by atoms with Gasteiger partial charge in [-0.25, -0.2) is 9.50 Å². The van der Waals surface area contributed by atoms with Crippen molar-refractivity contribution in [1.82, 2.24) is 19.6 Å². The van der Waals surface area contributed by atoms with Gasteiger partial charge in [-0.1, -0.05) is 17.4 Å². The van der Waals surface area contributed by atoms with E-state index in [9.17, 15) is 0 Å². The summed E-state index contributed by atoms with van der Waals surface area (Å²) < 4.78 is 31.1. The van der Waals surface area contributed by atoms with Crippen molar-refractivity contribution in [3.05, 3.63) is 59.0 Å².